The summed E-state index contributed by atoms with van der Waals surface area (Å²) in [5.41, 5.74) is 1.30. The Labute approximate surface area is 107 Å². The van der Waals surface area contributed by atoms with Gasteiger partial charge in [-0.15, -0.1) is 0 Å². The van der Waals surface area contributed by atoms with Crippen LogP contribution in [0.2, 0.25) is 0 Å². The minimum absolute atomic E-state index is 0.621. The molecule has 2 heterocycles. The first kappa shape index (κ1) is 12.4. The molecule has 1 aromatic heterocycles. The molecule has 1 fully saturated rings. The second-order valence-electron chi connectivity index (χ2n) is 4.18. The Kier molecular flexibility index (Phi) is 4.86. The molecule has 4 heteroatoms. The Morgan fingerprint density at radius 1 is 1.47 bits per heavy atom. The fraction of sp³-hybridized carbons (Fsp3) is 0.538. The van der Waals surface area contributed by atoms with E-state index in [9.17, 15) is 0 Å². The van der Waals surface area contributed by atoms with Crippen LogP contribution >= 0.6 is 11.8 Å². The van der Waals surface area contributed by atoms with Crippen molar-refractivity contribution in [3.63, 3.8) is 0 Å². The lowest BCUT2D eigenvalue weighted by atomic mass is 10.2. The van der Waals surface area contributed by atoms with Crippen LogP contribution in [0.4, 0.5) is 0 Å². The number of aromatic nitrogens is 1. The van der Waals surface area contributed by atoms with Crippen LogP contribution in [0.15, 0.2) is 29.5 Å². The first-order valence-electron chi connectivity index (χ1n) is 6.21. The summed E-state index contributed by atoms with van der Waals surface area (Å²) in [6.07, 6.45) is 7.10. The van der Waals surface area contributed by atoms with Crippen LogP contribution in [0.25, 0.3) is 0 Å². The van der Waals surface area contributed by atoms with Crippen LogP contribution < -0.4 is 5.32 Å². The number of thioether (sulfide) groups is 1. The maximum Gasteiger partial charge on any atom is 0.156 e. The zero-order chi connectivity index (χ0) is 11.9. The monoisotopic (exact) mass is 249 g/mol. The summed E-state index contributed by atoms with van der Waals surface area (Å²) in [4.78, 5) is 8.64. The highest BCUT2D eigenvalue weighted by Crippen LogP contribution is 2.15. The normalized spacial score (nSPS) is 22.4. The molecule has 1 aliphatic rings. The first-order chi connectivity index (χ1) is 8.38. The molecule has 0 amide bonds. The average Bonchev–Trinajstić information content (AvgIpc) is 2.40. The van der Waals surface area contributed by atoms with Crippen LogP contribution in [-0.4, -0.2) is 28.5 Å². The quantitative estimate of drug-likeness (QED) is 0.891. The van der Waals surface area contributed by atoms with Crippen molar-refractivity contribution in [2.24, 2.45) is 4.99 Å². The second kappa shape index (κ2) is 6.64. The average molecular weight is 249 g/mol. The van der Waals surface area contributed by atoms with Crippen LogP contribution in [0, 0.1) is 0 Å². The molecule has 1 atom stereocenters. The minimum atomic E-state index is 0.621. The van der Waals surface area contributed by atoms with Crippen molar-refractivity contribution in [3.05, 3.63) is 30.1 Å². The molecule has 0 saturated carbocycles. The van der Waals surface area contributed by atoms with E-state index in [1.54, 1.807) is 0 Å². The molecule has 17 heavy (non-hydrogen) atoms. The number of amidine groups is 1. The van der Waals surface area contributed by atoms with Crippen LogP contribution in [0.5, 0.6) is 0 Å². The van der Waals surface area contributed by atoms with Gasteiger partial charge in [0.15, 0.2) is 5.17 Å². The van der Waals surface area contributed by atoms with E-state index in [1.807, 2.05) is 24.2 Å². The van der Waals surface area contributed by atoms with Crippen molar-refractivity contribution in [2.45, 2.75) is 32.2 Å². The van der Waals surface area contributed by atoms with Gasteiger partial charge >= 0.3 is 0 Å². The molecule has 1 saturated heterocycles. The predicted octanol–water partition coefficient (Wildman–Crippen LogP) is 2.49. The van der Waals surface area contributed by atoms with Crippen molar-refractivity contribution in [3.8, 4) is 0 Å². The molecule has 0 spiro atoms. The summed E-state index contributed by atoms with van der Waals surface area (Å²) >= 11 is 1.84. The van der Waals surface area contributed by atoms with Crippen molar-refractivity contribution in [1.82, 2.24) is 10.3 Å². The SMILES string of the molecule is CCC1CCSC(=NCCc2ccncc2)N1. The van der Waals surface area contributed by atoms with Crippen molar-refractivity contribution in [2.75, 3.05) is 12.3 Å². The summed E-state index contributed by atoms with van der Waals surface area (Å²) in [5, 5.41) is 4.61. The number of nitrogens with one attached hydrogen (secondary N) is 1. The topological polar surface area (TPSA) is 37.3 Å². The smallest absolute Gasteiger partial charge is 0.156 e. The van der Waals surface area contributed by atoms with E-state index in [2.05, 4.69) is 34.3 Å². The molecular formula is C13H19N3S. The highest BCUT2D eigenvalue weighted by molar-refractivity contribution is 8.13. The largest absolute Gasteiger partial charge is 0.362 e. The molecule has 92 valence electrons. The lowest BCUT2D eigenvalue weighted by Crippen LogP contribution is -2.37. The number of hydrogen-bond donors (Lipinski definition) is 1. The zero-order valence-corrected chi connectivity index (χ0v) is 11.0. The highest BCUT2D eigenvalue weighted by Gasteiger charge is 2.14. The molecule has 0 bridgehead atoms. The number of hydrogen-bond acceptors (Lipinski definition) is 3. The Bertz CT molecular complexity index is 364. The third kappa shape index (κ3) is 4.04. The molecule has 1 aromatic rings. The van der Waals surface area contributed by atoms with Gasteiger partial charge in [0, 0.05) is 30.7 Å². The Balaban J connectivity index is 1.80. The Morgan fingerprint density at radius 2 is 2.29 bits per heavy atom. The van der Waals surface area contributed by atoms with Gasteiger partial charge in [0.1, 0.15) is 0 Å². The van der Waals surface area contributed by atoms with E-state index in [4.69, 9.17) is 0 Å². The van der Waals surface area contributed by atoms with Crippen molar-refractivity contribution < 1.29 is 0 Å². The maximum atomic E-state index is 4.62. The summed E-state index contributed by atoms with van der Waals surface area (Å²) in [5.74, 6) is 1.19. The number of nitrogens with zero attached hydrogens (tertiary/aromatic N) is 2. The predicted molar refractivity (Wildman–Crippen MR) is 74.5 cm³/mol. The second-order valence-corrected chi connectivity index (χ2v) is 5.26. The number of pyridine rings is 1. The van der Waals surface area contributed by atoms with Gasteiger partial charge in [-0.2, -0.15) is 0 Å². The lowest BCUT2D eigenvalue weighted by molar-refractivity contribution is 0.570. The van der Waals surface area contributed by atoms with E-state index in [0.29, 0.717) is 6.04 Å². The molecule has 0 radical (unpaired) electrons. The lowest BCUT2D eigenvalue weighted by Gasteiger charge is -2.24. The summed E-state index contributed by atoms with van der Waals surface area (Å²) in [6, 6.07) is 4.73. The first-order valence-corrected chi connectivity index (χ1v) is 7.19. The van der Waals surface area contributed by atoms with Crippen LogP contribution in [-0.2, 0) is 6.42 Å². The van der Waals surface area contributed by atoms with Crippen LogP contribution in [0.3, 0.4) is 0 Å². The van der Waals surface area contributed by atoms with E-state index < -0.39 is 0 Å². The van der Waals surface area contributed by atoms with Gasteiger partial charge in [-0.1, -0.05) is 18.7 Å². The molecule has 1 N–H and O–H groups in total. The van der Waals surface area contributed by atoms with E-state index in [-0.39, 0.29) is 0 Å². The van der Waals surface area contributed by atoms with Crippen molar-refractivity contribution >= 4 is 16.9 Å². The summed E-state index contributed by atoms with van der Waals surface area (Å²) < 4.78 is 0. The fourth-order valence-electron chi connectivity index (χ4n) is 1.82. The third-order valence-corrected chi connectivity index (χ3v) is 3.89. The maximum absolute atomic E-state index is 4.62. The summed E-state index contributed by atoms with van der Waals surface area (Å²) in [6.45, 7) is 3.08. The van der Waals surface area contributed by atoms with Gasteiger partial charge in [0.2, 0.25) is 0 Å². The van der Waals surface area contributed by atoms with E-state index in [0.717, 1.165) is 18.1 Å². The van der Waals surface area contributed by atoms with Gasteiger partial charge in [0.25, 0.3) is 0 Å². The van der Waals surface area contributed by atoms with Gasteiger partial charge in [-0.3, -0.25) is 9.98 Å². The molecule has 2 rings (SSSR count). The molecule has 1 aliphatic heterocycles. The minimum Gasteiger partial charge on any atom is -0.362 e. The van der Waals surface area contributed by atoms with E-state index >= 15 is 0 Å². The van der Waals surface area contributed by atoms with Gasteiger partial charge < -0.3 is 5.32 Å². The molecule has 3 nitrogen and oxygen atoms in total. The molecular weight excluding hydrogens is 230 g/mol. The molecule has 0 aromatic carbocycles. The Morgan fingerprint density at radius 3 is 3.06 bits per heavy atom. The van der Waals surface area contributed by atoms with Gasteiger partial charge in [-0.05, 0) is 37.0 Å². The third-order valence-electron chi connectivity index (χ3n) is 2.93. The zero-order valence-electron chi connectivity index (χ0n) is 10.2. The number of rotatable bonds is 4. The Hall–Kier alpha value is -1.03. The van der Waals surface area contributed by atoms with Gasteiger partial charge in [0.05, 0.1) is 0 Å². The van der Waals surface area contributed by atoms with Crippen molar-refractivity contribution in [1.29, 1.82) is 0 Å². The molecule has 0 aliphatic carbocycles. The number of aliphatic imine (C=N–C) groups is 1. The van der Waals surface area contributed by atoms with Gasteiger partial charge in [-0.25, -0.2) is 0 Å². The van der Waals surface area contributed by atoms with E-state index in [1.165, 1.54) is 24.2 Å². The fourth-order valence-corrected chi connectivity index (χ4v) is 2.85. The summed E-state index contributed by atoms with van der Waals surface area (Å²) in [7, 11) is 0. The van der Waals surface area contributed by atoms with Crippen LogP contribution in [0.1, 0.15) is 25.3 Å². The highest BCUT2D eigenvalue weighted by atomic mass is 32.2. The molecule has 1 unspecified atom stereocenters. The standard InChI is InChI=1S/C13H19N3S/c1-2-12-6-10-17-13(16-12)15-9-5-11-3-7-14-8-4-11/h3-4,7-8,12H,2,5-6,9-10H2,1H3,(H,15,16).